The van der Waals surface area contributed by atoms with Gasteiger partial charge in [-0.05, 0) is 71.4 Å². The second kappa shape index (κ2) is 12.8. The van der Waals surface area contributed by atoms with E-state index >= 15 is 0 Å². The third-order valence-corrected chi connectivity index (χ3v) is 7.30. The van der Waals surface area contributed by atoms with Crippen LogP contribution in [0.4, 0.5) is 17.5 Å². The molecule has 2 aromatic carbocycles. The molecule has 0 spiro atoms. The van der Waals surface area contributed by atoms with Gasteiger partial charge in [0.25, 0.3) is 0 Å². The van der Waals surface area contributed by atoms with Crippen LogP contribution in [0.15, 0.2) is 70.2 Å². The van der Waals surface area contributed by atoms with Crippen molar-refractivity contribution in [1.29, 1.82) is 0 Å². The lowest BCUT2D eigenvalue weighted by Crippen LogP contribution is -2.24. The number of aromatic nitrogens is 2. The molecule has 0 aliphatic carbocycles. The summed E-state index contributed by atoms with van der Waals surface area (Å²) >= 11 is 3.41. The van der Waals surface area contributed by atoms with Gasteiger partial charge >= 0.3 is 0 Å². The molecule has 8 nitrogen and oxygen atoms in total. The zero-order chi connectivity index (χ0) is 24.4. The van der Waals surface area contributed by atoms with Crippen LogP contribution in [0.25, 0.3) is 0 Å². The number of sulfonamides is 1. The predicted molar refractivity (Wildman–Crippen MR) is 139 cm³/mol. The van der Waals surface area contributed by atoms with Crippen LogP contribution in [0.1, 0.15) is 31.7 Å². The van der Waals surface area contributed by atoms with E-state index in [1.165, 1.54) is 5.56 Å². The highest BCUT2D eigenvalue weighted by atomic mass is 79.9. The summed E-state index contributed by atoms with van der Waals surface area (Å²) in [6, 6.07) is 16.5. The molecule has 1 atom stereocenters. The van der Waals surface area contributed by atoms with E-state index in [4.69, 9.17) is 0 Å². The van der Waals surface area contributed by atoms with Gasteiger partial charge in [0.2, 0.25) is 16.0 Å². The van der Waals surface area contributed by atoms with E-state index in [0.29, 0.717) is 28.5 Å². The minimum Gasteiger partial charge on any atom is -0.394 e. The average Bonchev–Trinajstić information content (AvgIpc) is 2.85. The molecule has 0 amide bonds. The summed E-state index contributed by atoms with van der Waals surface area (Å²) in [6.07, 6.45) is 4.96. The number of unbranched alkanes of at least 4 members (excludes halogenated alkanes) is 1. The highest BCUT2D eigenvalue weighted by molar-refractivity contribution is 9.10. The number of aliphatic hydroxyl groups excluding tert-OH is 1. The fraction of sp³-hybridized carbons (Fsp3) is 0.333. The van der Waals surface area contributed by atoms with E-state index in [1.807, 2.05) is 25.1 Å². The Balaban J connectivity index is 1.53. The van der Waals surface area contributed by atoms with Crippen molar-refractivity contribution in [2.24, 2.45) is 0 Å². The quantitative estimate of drug-likeness (QED) is 0.233. The maximum absolute atomic E-state index is 12.6. The number of aryl methyl sites for hydroxylation is 1. The number of aliphatic hydroxyl groups is 1. The van der Waals surface area contributed by atoms with Crippen LogP contribution in [-0.2, 0) is 16.4 Å². The van der Waals surface area contributed by atoms with Crippen molar-refractivity contribution < 1.29 is 13.5 Å². The molecular weight excluding hydrogens is 518 g/mol. The molecule has 3 rings (SSSR count). The van der Waals surface area contributed by atoms with Crippen molar-refractivity contribution in [3.05, 3.63) is 70.8 Å². The lowest BCUT2D eigenvalue weighted by atomic mass is 10.1. The molecule has 4 N–H and O–H groups in total. The summed E-state index contributed by atoms with van der Waals surface area (Å²) in [4.78, 5) is 8.88. The average molecular weight is 549 g/mol. The van der Waals surface area contributed by atoms with Crippen LogP contribution < -0.4 is 15.4 Å². The summed E-state index contributed by atoms with van der Waals surface area (Å²) in [5, 5.41) is 15.6. The van der Waals surface area contributed by atoms with Gasteiger partial charge in [0.1, 0.15) is 5.82 Å². The van der Waals surface area contributed by atoms with Gasteiger partial charge in [-0.25, -0.2) is 18.1 Å². The molecule has 1 heterocycles. The third kappa shape index (κ3) is 7.76. The van der Waals surface area contributed by atoms with Crippen molar-refractivity contribution in [3.63, 3.8) is 0 Å². The largest absolute Gasteiger partial charge is 0.394 e. The second-order valence-corrected chi connectivity index (χ2v) is 10.4. The zero-order valence-electron chi connectivity index (χ0n) is 19.0. The monoisotopic (exact) mass is 547 g/mol. The molecule has 3 aromatic rings. The lowest BCUT2D eigenvalue weighted by molar-refractivity contribution is 0.271. The Morgan fingerprint density at radius 3 is 2.47 bits per heavy atom. The van der Waals surface area contributed by atoms with Gasteiger partial charge in [-0.2, -0.15) is 4.98 Å². The van der Waals surface area contributed by atoms with Crippen molar-refractivity contribution in [1.82, 2.24) is 14.7 Å². The first kappa shape index (κ1) is 26.1. The Hall–Kier alpha value is -2.53. The van der Waals surface area contributed by atoms with E-state index in [9.17, 15) is 13.5 Å². The smallest absolute Gasteiger partial charge is 0.240 e. The van der Waals surface area contributed by atoms with Gasteiger partial charge in [-0.3, -0.25) is 0 Å². The number of nitrogens with one attached hydrogen (secondary N) is 3. The Morgan fingerprint density at radius 1 is 1.06 bits per heavy atom. The van der Waals surface area contributed by atoms with Crippen LogP contribution in [0.3, 0.4) is 0 Å². The summed E-state index contributed by atoms with van der Waals surface area (Å²) < 4.78 is 28.5. The molecule has 0 aliphatic heterocycles. The molecule has 0 aliphatic rings. The first-order chi connectivity index (χ1) is 16.4. The molecule has 0 fully saturated rings. The number of rotatable bonds is 13. The van der Waals surface area contributed by atoms with Gasteiger partial charge in [0, 0.05) is 18.4 Å². The first-order valence-corrected chi connectivity index (χ1v) is 13.5. The molecule has 0 saturated heterocycles. The molecular formula is C24H30BrN5O3S. The lowest BCUT2D eigenvalue weighted by Gasteiger charge is -2.16. The van der Waals surface area contributed by atoms with Gasteiger partial charge in [0.05, 0.1) is 22.0 Å². The Labute approximate surface area is 209 Å². The maximum Gasteiger partial charge on any atom is 0.240 e. The normalized spacial score (nSPS) is 12.3. The summed E-state index contributed by atoms with van der Waals surface area (Å²) in [7, 11) is -3.58. The number of anilines is 3. The van der Waals surface area contributed by atoms with Crippen LogP contribution in [0, 0.1) is 0 Å². The fourth-order valence-corrected chi connectivity index (χ4v) is 4.61. The van der Waals surface area contributed by atoms with E-state index in [-0.39, 0.29) is 17.5 Å². The van der Waals surface area contributed by atoms with Gasteiger partial charge in [-0.15, -0.1) is 0 Å². The maximum atomic E-state index is 12.6. The Kier molecular flexibility index (Phi) is 9.82. The zero-order valence-corrected chi connectivity index (χ0v) is 21.4. The molecule has 182 valence electrons. The Morgan fingerprint density at radius 2 is 1.79 bits per heavy atom. The van der Waals surface area contributed by atoms with E-state index < -0.39 is 10.0 Å². The van der Waals surface area contributed by atoms with E-state index in [0.717, 1.165) is 25.7 Å². The van der Waals surface area contributed by atoms with Crippen molar-refractivity contribution in [2.75, 3.05) is 23.8 Å². The van der Waals surface area contributed by atoms with Crippen LogP contribution in [0.5, 0.6) is 0 Å². The van der Waals surface area contributed by atoms with Gasteiger partial charge < -0.3 is 15.7 Å². The van der Waals surface area contributed by atoms with E-state index in [2.05, 4.69) is 53.4 Å². The Bertz CT molecular complexity index is 1140. The van der Waals surface area contributed by atoms with Gasteiger partial charge in [-0.1, -0.05) is 37.3 Å². The second-order valence-electron chi connectivity index (χ2n) is 7.81. The van der Waals surface area contributed by atoms with Gasteiger partial charge in [0.15, 0.2) is 0 Å². The topological polar surface area (TPSA) is 116 Å². The van der Waals surface area contributed by atoms with E-state index in [1.54, 1.807) is 30.5 Å². The number of benzene rings is 2. The number of hydrogen-bond acceptors (Lipinski definition) is 7. The van der Waals surface area contributed by atoms with Crippen molar-refractivity contribution >= 4 is 43.4 Å². The summed E-state index contributed by atoms with van der Waals surface area (Å²) in [6.45, 7) is 2.36. The molecule has 10 heteroatoms. The molecule has 0 unspecified atom stereocenters. The standard InChI is InChI=1S/C24H30BrN5O3S/c1-2-19(17-31)28-23-22(25)16-26-24(30-23)29-20-11-13-21(14-12-20)34(32,33)27-15-7-6-10-18-8-4-3-5-9-18/h3-5,8-9,11-14,16,19,27,31H,2,6-7,10,15,17H2,1H3,(H2,26,28,29,30)/t19-/m1/s1. The van der Waals surface area contributed by atoms with Crippen molar-refractivity contribution in [2.45, 2.75) is 43.5 Å². The molecule has 0 radical (unpaired) electrons. The van der Waals surface area contributed by atoms with Crippen LogP contribution in [-0.4, -0.2) is 42.7 Å². The minimum atomic E-state index is -3.58. The van der Waals surface area contributed by atoms with Crippen LogP contribution >= 0.6 is 15.9 Å². The number of halogens is 1. The SMILES string of the molecule is CC[C@H](CO)Nc1nc(Nc2ccc(S(=O)(=O)NCCCCc3ccccc3)cc2)ncc1Br. The van der Waals surface area contributed by atoms with Crippen molar-refractivity contribution in [3.8, 4) is 0 Å². The third-order valence-electron chi connectivity index (χ3n) is 5.25. The molecule has 0 bridgehead atoms. The number of nitrogens with zero attached hydrogens (tertiary/aromatic N) is 2. The highest BCUT2D eigenvalue weighted by Crippen LogP contribution is 2.23. The summed E-state index contributed by atoms with van der Waals surface area (Å²) in [5.74, 6) is 0.916. The molecule has 0 saturated carbocycles. The number of hydrogen-bond donors (Lipinski definition) is 4. The molecule has 34 heavy (non-hydrogen) atoms. The highest BCUT2D eigenvalue weighted by Gasteiger charge is 2.14. The predicted octanol–water partition coefficient (Wildman–Crippen LogP) is 4.47. The summed E-state index contributed by atoms with van der Waals surface area (Å²) in [5.41, 5.74) is 1.91. The minimum absolute atomic E-state index is 0.00724. The fourth-order valence-electron chi connectivity index (χ4n) is 3.23. The van der Waals surface area contributed by atoms with Crippen LogP contribution in [0.2, 0.25) is 0 Å². The first-order valence-electron chi connectivity index (χ1n) is 11.2. The molecule has 1 aromatic heterocycles.